The van der Waals surface area contributed by atoms with Gasteiger partial charge < -0.3 is 19.1 Å². The summed E-state index contributed by atoms with van der Waals surface area (Å²) < 4.78 is 28.4. The van der Waals surface area contributed by atoms with Gasteiger partial charge in [0.2, 0.25) is 5.91 Å². The maximum absolute atomic E-state index is 13.6. The van der Waals surface area contributed by atoms with Gasteiger partial charge in [0, 0.05) is 33.4 Å². The van der Waals surface area contributed by atoms with E-state index in [1.165, 1.54) is 25.3 Å². The van der Waals surface area contributed by atoms with E-state index in [0.29, 0.717) is 31.9 Å². The van der Waals surface area contributed by atoms with Crippen molar-refractivity contribution < 1.29 is 23.4 Å². The molecule has 0 saturated heterocycles. The first kappa shape index (κ1) is 18.1. The quantitative estimate of drug-likeness (QED) is 0.654. The lowest BCUT2D eigenvalue weighted by Crippen LogP contribution is -2.35. The Kier molecular flexibility index (Phi) is 8.17. The summed E-state index contributed by atoms with van der Waals surface area (Å²) in [5.74, 6) is -0.469. The van der Waals surface area contributed by atoms with E-state index < -0.39 is 5.82 Å². The lowest BCUT2D eigenvalue weighted by atomic mass is 10.2. The van der Waals surface area contributed by atoms with Gasteiger partial charge in [0.25, 0.3) is 0 Å². The van der Waals surface area contributed by atoms with Gasteiger partial charge in [0.15, 0.2) is 11.6 Å². The second-order valence-electron chi connectivity index (χ2n) is 4.54. The third-order valence-electron chi connectivity index (χ3n) is 3.04. The lowest BCUT2D eigenvalue weighted by molar-refractivity contribution is -0.127. The monoisotopic (exact) mass is 311 g/mol. The molecule has 0 heterocycles. The summed E-state index contributed by atoms with van der Waals surface area (Å²) in [6.45, 7) is 1.83. The number of rotatable bonds is 9. The maximum Gasteiger partial charge on any atom is 0.246 e. The molecule has 5 nitrogen and oxygen atoms in total. The zero-order valence-corrected chi connectivity index (χ0v) is 13.2. The van der Waals surface area contributed by atoms with Crippen molar-refractivity contribution in [2.75, 3.05) is 47.6 Å². The number of benzene rings is 1. The third kappa shape index (κ3) is 5.83. The van der Waals surface area contributed by atoms with Gasteiger partial charge in [-0.3, -0.25) is 4.79 Å². The first-order valence-electron chi connectivity index (χ1n) is 6.90. The molecular formula is C16H22FNO4. The summed E-state index contributed by atoms with van der Waals surface area (Å²) in [5.41, 5.74) is 0.588. The second kappa shape index (κ2) is 9.92. The van der Waals surface area contributed by atoms with E-state index >= 15 is 0 Å². The molecule has 0 saturated carbocycles. The summed E-state index contributed by atoms with van der Waals surface area (Å²) in [6, 6.07) is 4.52. The van der Waals surface area contributed by atoms with Crippen molar-refractivity contribution in [3.63, 3.8) is 0 Å². The van der Waals surface area contributed by atoms with E-state index in [0.717, 1.165) is 0 Å². The van der Waals surface area contributed by atoms with Gasteiger partial charge in [-0.2, -0.15) is 0 Å². The molecule has 0 aliphatic rings. The van der Waals surface area contributed by atoms with Gasteiger partial charge in [0.05, 0.1) is 20.3 Å². The summed E-state index contributed by atoms with van der Waals surface area (Å²) in [4.78, 5) is 13.8. The number of nitrogens with zero attached hydrogens (tertiary/aromatic N) is 1. The predicted molar refractivity (Wildman–Crippen MR) is 82.3 cm³/mol. The normalized spacial score (nSPS) is 10.9. The molecule has 0 unspecified atom stereocenters. The smallest absolute Gasteiger partial charge is 0.246 e. The van der Waals surface area contributed by atoms with Crippen LogP contribution in [0.2, 0.25) is 0 Å². The zero-order valence-electron chi connectivity index (χ0n) is 13.2. The molecule has 1 amide bonds. The van der Waals surface area contributed by atoms with Crippen molar-refractivity contribution in [2.45, 2.75) is 0 Å². The molecule has 6 heteroatoms. The second-order valence-corrected chi connectivity index (χ2v) is 4.54. The third-order valence-corrected chi connectivity index (χ3v) is 3.04. The Balaban J connectivity index is 2.71. The van der Waals surface area contributed by atoms with Crippen molar-refractivity contribution in [1.29, 1.82) is 0 Å². The molecule has 22 heavy (non-hydrogen) atoms. The maximum atomic E-state index is 13.6. The van der Waals surface area contributed by atoms with Gasteiger partial charge in [-0.05, 0) is 23.8 Å². The molecule has 122 valence electrons. The summed E-state index contributed by atoms with van der Waals surface area (Å²) in [7, 11) is 4.56. The number of methoxy groups -OCH3 is 3. The average Bonchev–Trinajstić information content (AvgIpc) is 2.53. The van der Waals surface area contributed by atoms with Crippen molar-refractivity contribution in [1.82, 2.24) is 4.90 Å². The number of carbonyl (C=O) groups is 1. The standard InChI is InChI=1S/C16H22FNO4/c1-20-10-8-18(9-11-21-2)16(19)7-5-13-4-6-15(22-3)14(17)12-13/h4-7,12H,8-11H2,1-3H3. The van der Waals surface area contributed by atoms with E-state index in [-0.39, 0.29) is 11.7 Å². The van der Waals surface area contributed by atoms with Gasteiger partial charge in [-0.15, -0.1) is 0 Å². The minimum Gasteiger partial charge on any atom is -0.494 e. The molecule has 1 rings (SSSR count). The van der Waals surface area contributed by atoms with Gasteiger partial charge >= 0.3 is 0 Å². The number of hydrogen-bond acceptors (Lipinski definition) is 4. The van der Waals surface area contributed by atoms with Crippen LogP contribution in [0.1, 0.15) is 5.56 Å². The highest BCUT2D eigenvalue weighted by molar-refractivity contribution is 5.91. The molecule has 0 radical (unpaired) electrons. The van der Waals surface area contributed by atoms with Gasteiger partial charge in [0.1, 0.15) is 0 Å². The molecule has 0 bridgehead atoms. The molecular weight excluding hydrogens is 289 g/mol. The Bertz CT molecular complexity index is 497. The molecule has 0 fully saturated rings. The highest BCUT2D eigenvalue weighted by Crippen LogP contribution is 2.18. The molecule has 0 aliphatic carbocycles. The number of carbonyl (C=O) groups excluding carboxylic acids is 1. The van der Waals surface area contributed by atoms with Crippen LogP contribution in [0.3, 0.4) is 0 Å². The van der Waals surface area contributed by atoms with Gasteiger partial charge in [-0.1, -0.05) is 6.07 Å². The first-order valence-corrected chi connectivity index (χ1v) is 6.90. The van der Waals surface area contributed by atoms with Crippen LogP contribution >= 0.6 is 0 Å². The van der Waals surface area contributed by atoms with E-state index in [1.54, 1.807) is 31.3 Å². The van der Waals surface area contributed by atoms with Crippen LogP contribution in [0.4, 0.5) is 4.39 Å². The minimum absolute atomic E-state index is 0.172. The minimum atomic E-state index is -0.465. The Morgan fingerprint density at radius 2 is 1.82 bits per heavy atom. The number of hydrogen-bond donors (Lipinski definition) is 0. The van der Waals surface area contributed by atoms with Gasteiger partial charge in [-0.25, -0.2) is 4.39 Å². The first-order chi connectivity index (χ1) is 10.6. The highest BCUT2D eigenvalue weighted by atomic mass is 19.1. The van der Waals surface area contributed by atoms with Crippen LogP contribution in [0.25, 0.3) is 6.08 Å². The fourth-order valence-electron chi connectivity index (χ4n) is 1.79. The molecule has 1 aromatic carbocycles. The van der Waals surface area contributed by atoms with Crippen molar-refractivity contribution >= 4 is 12.0 Å². The van der Waals surface area contributed by atoms with Crippen molar-refractivity contribution in [3.8, 4) is 5.75 Å². The van der Waals surface area contributed by atoms with Crippen LogP contribution in [0.15, 0.2) is 24.3 Å². The fraction of sp³-hybridized carbons (Fsp3) is 0.438. The molecule has 0 aromatic heterocycles. The predicted octanol–water partition coefficient (Wildman–Crippen LogP) is 1.97. The topological polar surface area (TPSA) is 48.0 Å². The lowest BCUT2D eigenvalue weighted by Gasteiger charge is -2.20. The zero-order chi connectivity index (χ0) is 16.4. The summed E-state index contributed by atoms with van der Waals surface area (Å²) in [5, 5.41) is 0. The van der Waals surface area contributed by atoms with Crippen LogP contribution in [-0.4, -0.2) is 58.4 Å². The van der Waals surface area contributed by atoms with Crippen molar-refractivity contribution in [3.05, 3.63) is 35.7 Å². The molecule has 0 spiro atoms. The Hall–Kier alpha value is -1.92. The Morgan fingerprint density at radius 1 is 1.18 bits per heavy atom. The van der Waals surface area contributed by atoms with Crippen LogP contribution in [0, 0.1) is 5.82 Å². The highest BCUT2D eigenvalue weighted by Gasteiger charge is 2.10. The number of amides is 1. The molecule has 0 aliphatic heterocycles. The van der Waals surface area contributed by atoms with Crippen LogP contribution < -0.4 is 4.74 Å². The van der Waals surface area contributed by atoms with E-state index in [9.17, 15) is 9.18 Å². The Morgan fingerprint density at radius 3 is 2.32 bits per heavy atom. The number of halogens is 1. The summed E-state index contributed by atoms with van der Waals surface area (Å²) in [6.07, 6.45) is 2.98. The summed E-state index contributed by atoms with van der Waals surface area (Å²) >= 11 is 0. The fourth-order valence-corrected chi connectivity index (χ4v) is 1.79. The molecule has 1 aromatic rings. The van der Waals surface area contributed by atoms with E-state index in [4.69, 9.17) is 14.2 Å². The van der Waals surface area contributed by atoms with E-state index in [2.05, 4.69) is 0 Å². The number of ether oxygens (including phenoxy) is 3. The van der Waals surface area contributed by atoms with Crippen molar-refractivity contribution in [2.24, 2.45) is 0 Å². The van der Waals surface area contributed by atoms with Crippen LogP contribution in [0.5, 0.6) is 5.75 Å². The molecule has 0 atom stereocenters. The Labute approximate surface area is 130 Å². The largest absolute Gasteiger partial charge is 0.494 e. The molecule has 0 N–H and O–H groups in total. The SMILES string of the molecule is COCCN(CCOC)C(=O)C=Cc1ccc(OC)c(F)c1. The average molecular weight is 311 g/mol. The van der Waals surface area contributed by atoms with Crippen LogP contribution in [-0.2, 0) is 14.3 Å². The van der Waals surface area contributed by atoms with E-state index in [1.807, 2.05) is 0 Å².